The van der Waals surface area contributed by atoms with Crippen molar-refractivity contribution >= 4 is 17.5 Å². The zero-order valence-corrected chi connectivity index (χ0v) is 11.4. The number of nitrogens with one attached hydrogen (secondary N) is 1. The van der Waals surface area contributed by atoms with Gasteiger partial charge in [-0.15, -0.1) is 0 Å². The predicted molar refractivity (Wildman–Crippen MR) is 73.3 cm³/mol. The highest BCUT2D eigenvalue weighted by atomic mass is 35.5. The molecule has 104 valence electrons. The van der Waals surface area contributed by atoms with Gasteiger partial charge in [-0.05, 0) is 31.4 Å². The molecule has 1 aromatic rings. The number of carbonyl (C=O) groups is 1. The molecule has 19 heavy (non-hydrogen) atoms. The number of benzene rings is 1. The SMILES string of the molecule is O=C(NCCOc1ccccc1Cl)C1CCCC1O. The van der Waals surface area contributed by atoms with Gasteiger partial charge in [0.15, 0.2) is 0 Å². The summed E-state index contributed by atoms with van der Waals surface area (Å²) in [5.74, 6) is 0.257. The molecule has 0 aromatic heterocycles. The first-order valence-electron chi connectivity index (χ1n) is 6.51. The van der Waals surface area contributed by atoms with E-state index in [1.165, 1.54) is 0 Å². The molecule has 2 N–H and O–H groups in total. The summed E-state index contributed by atoms with van der Waals surface area (Å²) in [7, 11) is 0. The van der Waals surface area contributed by atoms with Gasteiger partial charge in [-0.2, -0.15) is 0 Å². The van der Waals surface area contributed by atoms with Crippen LogP contribution in [0.15, 0.2) is 24.3 Å². The number of hydrogen-bond donors (Lipinski definition) is 2. The largest absolute Gasteiger partial charge is 0.490 e. The smallest absolute Gasteiger partial charge is 0.225 e. The molecule has 1 fully saturated rings. The molecule has 0 heterocycles. The van der Waals surface area contributed by atoms with Crippen molar-refractivity contribution in [3.8, 4) is 5.75 Å². The Morgan fingerprint density at radius 3 is 2.89 bits per heavy atom. The normalized spacial score (nSPS) is 22.2. The first kappa shape index (κ1) is 14.2. The van der Waals surface area contributed by atoms with E-state index in [0.717, 1.165) is 12.8 Å². The number of amides is 1. The number of aliphatic hydroxyl groups is 1. The zero-order chi connectivity index (χ0) is 13.7. The Labute approximate surface area is 117 Å². The van der Waals surface area contributed by atoms with Crippen LogP contribution in [0.4, 0.5) is 0 Å². The number of halogens is 1. The van der Waals surface area contributed by atoms with E-state index >= 15 is 0 Å². The monoisotopic (exact) mass is 283 g/mol. The van der Waals surface area contributed by atoms with Gasteiger partial charge in [-0.3, -0.25) is 4.79 Å². The maximum Gasteiger partial charge on any atom is 0.225 e. The molecule has 0 saturated heterocycles. The molecule has 5 heteroatoms. The van der Waals surface area contributed by atoms with Crippen molar-refractivity contribution in [1.82, 2.24) is 5.32 Å². The zero-order valence-electron chi connectivity index (χ0n) is 10.6. The van der Waals surface area contributed by atoms with E-state index < -0.39 is 6.10 Å². The molecule has 4 nitrogen and oxygen atoms in total. The summed E-state index contributed by atoms with van der Waals surface area (Å²) in [5, 5.41) is 13.0. The highest BCUT2D eigenvalue weighted by Crippen LogP contribution is 2.25. The third-order valence-corrected chi connectivity index (χ3v) is 3.62. The van der Waals surface area contributed by atoms with Crippen LogP contribution in [0.5, 0.6) is 5.75 Å². The lowest BCUT2D eigenvalue weighted by molar-refractivity contribution is -0.127. The number of hydrogen-bond acceptors (Lipinski definition) is 3. The maximum absolute atomic E-state index is 11.8. The maximum atomic E-state index is 11.8. The molecule has 1 aliphatic carbocycles. The minimum Gasteiger partial charge on any atom is -0.490 e. The quantitative estimate of drug-likeness (QED) is 0.813. The molecule has 0 bridgehead atoms. The van der Waals surface area contributed by atoms with Crippen LogP contribution in [0.1, 0.15) is 19.3 Å². The molecule has 0 spiro atoms. The summed E-state index contributed by atoms with van der Waals surface area (Å²) >= 11 is 5.94. The first-order chi connectivity index (χ1) is 9.18. The van der Waals surface area contributed by atoms with Crippen molar-refractivity contribution in [3.05, 3.63) is 29.3 Å². The second-order valence-corrected chi connectivity index (χ2v) is 5.08. The average molecular weight is 284 g/mol. The molecule has 1 aliphatic rings. The Morgan fingerprint density at radius 1 is 1.42 bits per heavy atom. The van der Waals surface area contributed by atoms with E-state index in [9.17, 15) is 9.90 Å². The van der Waals surface area contributed by atoms with Gasteiger partial charge in [0.2, 0.25) is 5.91 Å². The van der Waals surface area contributed by atoms with Crippen LogP contribution in [-0.4, -0.2) is 30.3 Å². The second-order valence-electron chi connectivity index (χ2n) is 4.67. The third kappa shape index (κ3) is 3.85. The van der Waals surface area contributed by atoms with Gasteiger partial charge < -0.3 is 15.2 Å². The van der Waals surface area contributed by atoms with Gasteiger partial charge in [0.1, 0.15) is 12.4 Å². The van der Waals surface area contributed by atoms with Crippen LogP contribution >= 0.6 is 11.6 Å². The van der Waals surface area contributed by atoms with Crippen molar-refractivity contribution < 1.29 is 14.6 Å². The fraction of sp³-hybridized carbons (Fsp3) is 0.500. The van der Waals surface area contributed by atoms with Crippen molar-refractivity contribution in [2.75, 3.05) is 13.2 Å². The molecular weight excluding hydrogens is 266 g/mol. The molecule has 1 aromatic carbocycles. The third-order valence-electron chi connectivity index (χ3n) is 3.31. The van der Waals surface area contributed by atoms with Crippen LogP contribution in [0.2, 0.25) is 5.02 Å². The molecule has 2 rings (SSSR count). The summed E-state index contributed by atoms with van der Waals surface area (Å²) in [6.07, 6.45) is 1.89. The number of carbonyl (C=O) groups excluding carboxylic acids is 1. The van der Waals surface area contributed by atoms with Crippen LogP contribution in [-0.2, 0) is 4.79 Å². The summed E-state index contributed by atoms with van der Waals surface area (Å²) in [5.41, 5.74) is 0. The second kappa shape index (κ2) is 6.78. The fourth-order valence-corrected chi connectivity index (χ4v) is 2.46. The van der Waals surface area contributed by atoms with Gasteiger partial charge in [0.25, 0.3) is 0 Å². The van der Waals surface area contributed by atoms with Crippen molar-refractivity contribution in [2.24, 2.45) is 5.92 Å². The Bertz CT molecular complexity index is 438. The minimum absolute atomic E-state index is 0.0900. The van der Waals surface area contributed by atoms with E-state index in [1.807, 2.05) is 12.1 Å². The lowest BCUT2D eigenvalue weighted by Crippen LogP contribution is -2.36. The highest BCUT2D eigenvalue weighted by molar-refractivity contribution is 6.32. The molecule has 1 amide bonds. The molecular formula is C14H18ClNO3. The summed E-state index contributed by atoms with van der Waals surface area (Å²) in [6.45, 7) is 0.769. The van der Waals surface area contributed by atoms with Gasteiger partial charge >= 0.3 is 0 Å². The van der Waals surface area contributed by atoms with Gasteiger partial charge in [-0.1, -0.05) is 23.7 Å². The van der Waals surface area contributed by atoms with E-state index in [1.54, 1.807) is 12.1 Å². The topological polar surface area (TPSA) is 58.6 Å². The number of rotatable bonds is 5. The Hall–Kier alpha value is -1.26. The van der Waals surface area contributed by atoms with E-state index in [2.05, 4.69) is 5.32 Å². The summed E-state index contributed by atoms with van der Waals surface area (Å²) < 4.78 is 5.47. The van der Waals surface area contributed by atoms with Crippen molar-refractivity contribution in [1.29, 1.82) is 0 Å². The van der Waals surface area contributed by atoms with Crippen LogP contribution in [0.3, 0.4) is 0 Å². The van der Waals surface area contributed by atoms with Gasteiger partial charge in [-0.25, -0.2) is 0 Å². The molecule has 2 atom stereocenters. The Balaban J connectivity index is 1.69. The summed E-state index contributed by atoms with van der Waals surface area (Å²) in [4.78, 5) is 11.8. The van der Waals surface area contributed by atoms with Crippen molar-refractivity contribution in [3.63, 3.8) is 0 Å². The minimum atomic E-state index is -0.496. The molecule has 1 saturated carbocycles. The highest BCUT2D eigenvalue weighted by Gasteiger charge is 2.30. The van der Waals surface area contributed by atoms with Crippen molar-refractivity contribution in [2.45, 2.75) is 25.4 Å². The Kier molecular flexibility index (Phi) is 5.05. The van der Waals surface area contributed by atoms with E-state index in [0.29, 0.717) is 30.3 Å². The van der Waals surface area contributed by atoms with Gasteiger partial charge in [0.05, 0.1) is 23.6 Å². The average Bonchev–Trinajstić information content (AvgIpc) is 2.82. The summed E-state index contributed by atoms with van der Waals surface area (Å²) in [6, 6.07) is 7.21. The predicted octanol–water partition coefficient (Wildman–Crippen LogP) is 2.00. The lowest BCUT2D eigenvalue weighted by Gasteiger charge is -2.14. The Morgan fingerprint density at radius 2 is 2.21 bits per heavy atom. The van der Waals surface area contributed by atoms with Crippen LogP contribution < -0.4 is 10.1 Å². The molecule has 0 aliphatic heterocycles. The van der Waals surface area contributed by atoms with E-state index in [4.69, 9.17) is 16.3 Å². The fourth-order valence-electron chi connectivity index (χ4n) is 2.27. The molecule has 0 radical (unpaired) electrons. The number of ether oxygens (including phenoxy) is 1. The first-order valence-corrected chi connectivity index (χ1v) is 6.89. The standard InChI is InChI=1S/C14H18ClNO3/c15-11-5-1-2-7-13(11)19-9-8-16-14(18)10-4-3-6-12(10)17/h1-2,5,7,10,12,17H,3-4,6,8-9H2,(H,16,18). The van der Waals surface area contributed by atoms with Crippen LogP contribution in [0.25, 0.3) is 0 Å². The number of para-hydroxylation sites is 1. The van der Waals surface area contributed by atoms with Crippen LogP contribution in [0, 0.1) is 5.92 Å². The molecule has 2 unspecified atom stereocenters. The number of aliphatic hydroxyl groups excluding tert-OH is 1. The van der Waals surface area contributed by atoms with Gasteiger partial charge in [0, 0.05) is 0 Å². The van der Waals surface area contributed by atoms with E-state index in [-0.39, 0.29) is 11.8 Å². The lowest BCUT2D eigenvalue weighted by atomic mass is 10.1.